The van der Waals surface area contributed by atoms with E-state index in [1.165, 1.54) is 26.0 Å². The highest BCUT2D eigenvalue weighted by Crippen LogP contribution is 2.20. The van der Waals surface area contributed by atoms with Gasteiger partial charge in [0.25, 0.3) is 0 Å². The zero-order valence-electron chi connectivity index (χ0n) is 10.0. The number of ether oxygens (including phenoxy) is 1. The van der Waals surface area contributed by atoms with Crippen LogP contribution in [-0.4, -0.2) is 13.2 Å². The lowest BCUT2D eigenvalue weighted by Crippen LogP contribution is -2.21. The molecule has 2 rings (SSSR count). The molecule has 0 saturated heterocycles. The van der Waals surface area contributed by atoms with Crippen molar-refractivity contribution >= 4 is 0 Å². The highest BCUT2D eigenvalue weighted by Gasteiger charge is 2.15. The Hall–Kier alpha value is -1.13. The van der Waals surface area contributed by atoms with E-state index < -0.39 is 0 Å². The minimum Gasteiger partial charge on any atom is -0.497 e. The van der Waals surface area contributed by atoms with Gasteiger partial charge >= 0.3 is 0 Å². The molecule has 3 nitrogen and oxygen atoms in total. The van der Waals surface area contributed by atoms with Crippen molar-refractivity contribution in [1.82, 2.24) is 5.48 Å². The first kappa shape index (κ1) is 12.3. The molecule has 0 heterocycles. The van der Waals surface area contributed by atoms with Gasteiger partial charge in [-0.15, -0.1) is 0 Å². The van der Waals surface area contributed by atoms with Gasteiger partial charge in [-0.25, -0.2) is 4.39 Å². The summed E-state index contributed by atoms with van der Waals surface area (Å²) >= 11 is 0. The predicted octanol–water partition coefficient (Wildman–Crippen LogP) is 2.80. The van der Waals surface area contributed by atoms with Crippen LogP contribution in [0.15, 0.2) is 18.2 Å². The Bertz CT molecular complexity index is 364. The van der Waals surface area contributed by atoms with Crippen LogP contribution in [0.1, 0.15) is 31.2 Å². The van der Waals surface area contributed by atoms with Gasteiger partial charge in [0.15, 0.2) is 0 Å². The van der Waals surface area contributed by atoms with E-state index in [2.05, 4.69) is 5.48 Å². The minimum absolute atomic E-state index is 0.271. The molecule has 1 aliphatic carbocycles. The largest absolute Gasteiger partial charge is 0.497 e. The van der Waals surface area contributed by atoms with E-state index in [0.29, 0.717) is 17.9 Å². The van der Waals surface area contributed by atoms with Crippen molar-refractivity contribution in [2.24, 2.45) is 0 Å². The lowest BCUT2D eigenvalue weighted by Gasteiger charge is -2.12. The third-order valence-electron chi connectivity index (χ3n) is 3.08. The van der Waals surface area contributed by atoms with Crippen molar-refractivity contribution in [2.45, 2.75) is 38.3 Å². The Morgan fingerprint density at radius 1 is 1.35 bits per heavy atom. The number of halogens is 1. The average Bonchev–Trinajstić information content (AvgIpc) is 2.84. The second-order valence-corrected chi connectivity index (χ2v) is 4.30. The van der Waals surface area contributed by atoms with Crippen LogP contribution >= 0.6 is 0 Å². The molecule has 1 aromatic rings. The molecule has 0 aliphatic heterocycles. The smallest absolute Gasteiger partial charge is 0.131 e. The Morgan fingerprint density at radius 3 is 2.76 bits per heavy atom. The summed E-state index contributed by atoms with van der Waals surface area (Å²) < 4.78 is 18.5. The molecular weight excluding hydrogens is 221 g/mol. The van der Waals surface area contributed by atoms with Crippen molar-refractivity contribution in [3.63, 3.8) is 0 Å². The Labute approximate surface area is 101 Å². The van der Waals surface area contributed by atoms with Gasteiger partial charge in [-0.05, 0) is 18.9 Å². The van der Waals surface area contributed by atoms with Crippen molar-refractivity contribution in [3.05, 3.63) is 29.6 Å². The Morgan fingerprint density at radius 2 is 2.12 bits per heavy atom. The van der Waals surface area contributed by atoms with Gasteiger partial charge in [0, 0.05) is 18.2 Å². The third kappa shape index (κ3) is 3.41. The summed E-state index contributed by atoms with van der Waals surface area (Å²) in [5, 5.41) is 0. The van der Waals surface area contributed by atoms with E-state index in [4.69, 9.17) is 9.57 Å². The maximum atomic E-state index is 13.6. The summed E-state index contributed by atoms with van der Waals surface area (Å²) in [6.07, 6.45) is 4.93. The molecule has 1 aliphatic rings. The number of hydroxylamine groups is 1. The number of nitrogens with one attached hydrogen (secondary N) is 1. The molecule has 0 aromatic heterocycles. The second kappa shape index (κ2) is 5.98. The molecule has 17 heavy (non-hydrogen) atoms. The first-order valence-corrected chi connectivity index (χ1v) is 6.00. The summed E-state index contributed by atoms with van der Waals surface area (Å²) in [6, 6.07) is 4.83. The van der Waals surface area contributed by atoms with Crippen molar-refractivity contribution < 1.29 is 14.0 Å². The molecule has 1 saturated carbocycles. The third-order valence-corrected chi connectivity index (χ3v) is 3.08. The van der Waals surface area contributed by atoms with Crippen LogP contribution in [0.5, 0.6) is 5.75 Å². The van der Waals surface area contributed by atoms with E-state index in [0.717, 1.165) is 12.8 Å². The van der Waals surface area contributed by atoms with Crippen LogP contribution in [0.4, 0.5) is 4.39 Å². The van der Waals surface area contributed by atoms with Crippen molar-refractivity contribution in [2.75, 3.05) is 7.11 Å². The van der Waals surface area contributed by atoms with Gasteiger partial charge in [0.2, 0.25) is 0 Å². The maximum absolute atomic E-state index is 13.6. The molecule has 1 aromatic carbocycles. The van der Waals surface area contributed by atoms with Gasteiger partial charge in [-0.3, -0.25) is 4.84 Å². The first-order valence-electron chi connectivity index (χ1n) is 6.00. The highest BCUT2D eigenvalue weighted by atomic mass is 19.1. The normalized spacial score (nSPS) is 16.4. The number of hydrogen-bond acceptors (Lipinski definition) is 3. The Balaban J connectivity index is 1.81. The molecule has 0 amide bonds. The standard InChI is InChI=1S/C13H18FNO2/c1-16-12-7-6-10(13(14)8-12)9-15-17-11-4-2-3-5-11/h6-8,11,15H,2-5,9H2,1H3. The molecule has 0 unspecified atom stereocenters. The summed E-state index contributed by atoms with van der Waals surface area (Å²) in [6.45, 7) is 0.381. The lowest BCUT2D eigenvalue weighted by atomic mass is 10.2. The quantitative estimate of drug-likeness (QED) is 0.801. The van der Waals surface area contributed by atoms with E-state index in [-0.39, 0.29) is 11.9 Å². The molecule has 0 atom stereocenters. The monoisotopic (exact) mass is 239 g/mol. The molecular formula is C13H18FNO2. The molecule has 0 radical (unpaired) electrons. The number of benzene rings is 1. The zero-order valence-corrected chi connectivity index (χ0v) is 10.0. The van der Waals surface area contributed by atoms with E-state index >= 15 is 0 Å². The predicted molar refractivity (Wildman–Crippen MR) is 63.1 cm³/mol. The van der Waals surface area contributed by atoms with Gasteiger partial charge in [0.1, 0.15) is 11.6 Å². The van der Waals surface area contributed by atoms with E-state index in [1.54, 1.807) is 12.1 Å². The summed E-state index contributed by atoms with van der Waals surface area (Å²) in [7, 11) is 1.52. The fraction of sp³-hybridized carbons (Fsp3) is 0.538. The Kier molecular flexibility index (Phi) is 4.34. The molecule has 94 valence electrons. The van der Waals surface area contributed by atoms with Crippen LogP contribution in [-0.2, 0) is 11.4 Å². The molecule has 0 spiro atoms. The molecule has 4 heteroatoms. The summed E-state index contributed by atoms with van der Waals surface area (Å²) in [4.78, 5) is 5.47. The van der Waals surface area contributed by atoms with E-state index in [9.17, 15) is 4.39 Å². The van der Waals surface area contributed by atoms with Crippen LogP contribution in [0.2, 0.25) is 0 Å². The number of rotatable bonds is 5. The van der Waals surface area contributed by atoms with Crippen molar-refractivity contribution in [1.29, 1.82) is 0 Å². The van der Waals surface area contributed by atoms with Crippen LogP contribution in [0.25, 0.3) is 0 Å². The first-order chi connectivity index (χ1) is 8.29. The number of hydrogen-bond donors (Lipinski definition) is 1. The fourth-order valence-electron chi connectivity index (χ4n) is 2.04. The number of methoxy groups -OCH3 is 1. The fourth-order valence-corrected chi connectivity index (χ4v) is 2.04. The minimum atomic E-state index is -0.271. The van der Waals surface area contributed by atoms with Crippen LogP contribution < -0.4 is 10.2 Å². The molecule has 0 bridgehead atoms. The second-order valence-electron chi connectivity index (χ2n) is 4.30. The summed E-state index contributed by atoms with van der Waals surface area (Å²) in [5.41, 5.74) is 3.43. The van der Waals surface area contributed by atoms with Crippen LogP contribution in [0, 0.1) is 5.82 Å². The van der Waals surface area contributed by atoms with Gasteiger partial charge < -0.3 is 4.74 Å². The lowest BCUT2D eigenvalue weighted by molar-refractivity contribution is -0.0248. The van der Waals surface area contributed by atoms with Crippen LogP contribution in [0.3, 0.4) is 0 Å². The molecule has 1 fully saturated rings. The SMILES string of the molecule is COc1ccc(CNOC2CCCC2)c(F)c1. The zero-order chi connectivity index (χ0) is 12.1. The average molecular weight is 239 g/mol. The molecule has 1 N–H and O–H groups in total. The maximum Gasteiger partial charge on any atom is 0.131 e. The summed E-state index contributed by atoms with van der Waals surface area (Å²) in [5.74, 6) is 0.259. The van der Waals surface area contributed by atoms with Gasteiger partial charge in [-0.2, -0.15) is 5.48 Å². The topological polar surface area (TPSA) is 30.5 Å². The highest BCUT2D eigenvalue weighted by molar-refractivity contribution is 5.28. The van der Waals surface area contributed by atoms with Gasteiger partial charge in [0.05, 0.1) is 13.2 Å². The van der Waals surface area contributed by atoms with E-state index in [1.807, 2.05) is 0 Å². The van der Waals surface area contributed by atoms with Gasteiger partial charge in [-0.1, -0.05) is 18.9 Å². The van der Waals surface area contributed by atoms with Crippen molar-refractivity contribution in [3.8, 4) is 5.75 Å².